The highest BCUT2D eigenvalue weighted by atomic mass is 32.2. The van der Waals surface area contributed by atoms with Gasteiger partial charge in [-0.2, -0.15) is 4.31 Å². The van der Waals surface area contributed by atoms with E-state index in [-0.39, 0.29) is 36.2 Å². The molecule has 182 valence electrons. The summed E-state index contributed by atoms with van der Waals surface area (Å²) in [6.07, 6.45) is -0.833. The standard InChI is InChI=1S/C25H36N2O5S/c1-18(2)16-27(33(30,31)22-13-11-21(32-6)12-14-22)17-20(28)15-19-9-7-8-10-23(19)24(29)26-25(3,4)5/h7-14,18,20,28H,15-17H2,1-6H3,(H,26,29). The van der Waals surface area contributed by atoms with E-state index >= 15 is 0 Å². The first kappa shape index (κ1) is 26.8. The van der Waals surface area contributed by atoms with Crippen LogP contribution in [0.25, 0.3) is 0 Å². The number of rotatable bonds is 10. The lowest BCUT2D eigenvalue weighted by Gasteiger charge is -2.27. The molecule has 2 aromatic rings. The molecule has 33 heavy (non-hydrogen) atoms. The molecule has 0 heterocycles. The van der Waals surface area contributed by atoms with Crippen LogP contribution in [-0.2, 0) is 16.4 Å². The average molecular weight is 477 g/mol. The number of carbonyl (C=O) groups is 1. The second-order valence-corrected chi connectivity index (χ2v) is 11.5. The fourth-order valence-corrected chi connectivity index (χ4v) is 5.10. The zero-order valence-electron chi connectivity index (χ0n) is 20.3. The molecule has 1 amide bonds. The molecule has 0 spiro atoms. The molecular weight excluding hydrogens is 440 g/mol. The van der Waals surface area contributed by atoms with Crippen molar-refractivity contribution in [3.8, 4) is 5.75 Å². The van der Waals surface area contributed by atoms with E-state index in [1.54, 1.807) is 36.4 Å². The molecule has 8 heteroatoms. The lowest BCUT2D eigenvalue weighted by atomic mass is 9.99. The van der Waals surface area contributed by atoms with Crippen molar-refractivity contribution < 1.29 is 23.1 Å². The molecule has 2 rings (SSSR count). The second-order valence-electron chi connectivity index (χ2n) is 9.61. The van der Waals surface area contributed by atoms with Gasteiger partial charge in [-0.3, -0.25) is 4.79 Å². The predicted molar refractivity (Wildman–Crippen MR) is 130 cm³/mol. The maximum absolute atomic E-state index is 13.3. The molecule has 2 N–H and O–H groups in total. The average Bonchev–Trinajstić information content (AvgIpc) is 2.72. The third-order valence-electron chi connectivity index (χ3n) is 4.89. The van der Waals surface area contributed by atoms with Crippen molar-refractivity contribution in [2.24, 2.45) is 5.92 Å². The van der Waals surface area contributed by atoms with Crippen molar-refractivity contribution in [1.82, 2.24) is 9.62 Å². The summed E-state index contributed by atoms with van der Waals surface area (Å²) in [5.41, 5.74) is 0.738. The number of sulfonamides is 1. The molecule has 0 aliphatic carbocycles. The van der Waals surface area contributed by atoms with Crippen LogP contribution in [-0.4, -0.2) is 55.6 Å². The van der Waals surface area contributed by atoms with Crippen LogP contribution in [0.3, 0.4) is 0 Å². The van der Waals surface area contributed by atoms with Gasteiger partial charge in [0.15, 0.2) is 0 Å². The number of hydrogen-bond acceptors (Lipinski definition) is 5. The molecule has 1 atom stereocenters. The van der Waals surface area contributed by atoms with Crippen LogP contribution in [0.4, 0.5) is 0 Å². The number of hydrogen-bond donors (Lipinski definition) is 2. The monoisotopic (exact) mass is 476 g/mol. The molecule has 0 saturated heterocycles. The maximum atomic E-state index is 13.3. The summed E-state index contributed by atoms with van der Waals surface area (Å²) < 4.78 is 33.0. The van der Waals surface area contributed by atoms with E-state index in [0.29, 0.717) is 16.9 Å². The van der Waals surface area contributed by atoms with Crippen LogP contribution < -0.4 is 10.1 Å². The first-order valence-electron chi connectivity index (χ1n) is 11.1. The minimum Gasteiger partial charge on any atom is -0.497 e. The molecule has 0 aromatic heterocycles. The second kappa shape index (κ2) is 11.1. The van der Waals surface area contributed by atoms with Gasteiger partial charge in [0, 0.05) is 30.6 Å². The number of amides is 1. The van der Waals surface area contributed by atoms with Gasteiger partial charge < -0.3 is 15.2 Å². The number of aliphatic hydroxyl groups excluding tert-OH is 1. The van der Waals surface area contributed by atoms with Gasteiger partial charge in [-0.05, 0) is 62.6 Å². The third kappa shape index (κ3) is 7.84. The summed E-state index contributed by atoms with van der Waals surface area (Å²) in [4.78, 5) is 12.9. The first-order chi connectivity index (χ1) is 15.3. The van der Waals surface area contributed by atoms with Gasteiger partial charge in [0.05, 0.1) is 18.1 Å². The number of benzene rings is 2. The molecule has 0 aliphatic rings. The van der Waals surface area contributed by atoms with E-state index in [0.717, 1.165) is 0 Å². The van der Waals surface area contributed by atoms with Crippen molar-refractivity contribution in [2.75, 3.05) is 20.2 Å². The summed E-state index contributed by atoms with van der Waals surface area (Å²) in [7, 11) is -2.30. The minimum atomic E-state index is -3.82. The van der Waals surface area contributed by atoms with Gasteiger partial charge in [-0.1, -0.05) is 32.0 Å². The van der Waals surface area contributed by atoms with Gasteiger partial charge in [0.2, 0.25) is 10.0 Å². The largest absolute Gasteiger partial charge is 0.497 e. The van der Waals surface area contributed by atoms with E-state index in [9.17, 15) is 18.3 Å². The lowest BCUT2D eigenvalue weighted by Crippen LogP contribution is -2.42. The molecule has 0 saturated carbocycles. The van der Waals surface area contributed by atoms with Crippen molar-refractivity contribution in [2.45, 2.75) is 57.6 Å². The Hall–Kier alpha value is -2.42. The quantitative estimate of drug-likeness (QED) is 0.547. The number of ether oxygens (including phenoxy) is 1. The Bertz CT molecular complexity index is 1030. The fourth-order valence-electron chi connectivity index (χ4n) is 3.46. The SMILES string of the molecule is COc1ccc(S(=O)(=O)N(CC(C)C)CC(O)Cc2ccccc2C(=O)NC(C)(C)C)cc1. The molecule has 2 aromatic carbocycles. The lowest BCUT2D eigenvalue weighted by molar-refractivity contribution is 0.0917. The van der Waals surface area contributed by atoms with E-state index in [1.165, 1.54) is 23.5 Å². The highest BCUT2D eigenvalue weighted by Gasteiger charge is 2.28. The number of methoxy groups -OCH3 is 1. The van der Waals surface area contributed by atoms with Crippen LogP contribution >= 0.6 is 0 Å². The summed E-state index contributed by atoms with van der Waals surface area (Å²) in [6, 6.07) is 13.3. The van der Waals surface area contributed by atoms with E-state index < -0.39 is 21.7 Å². The minimum absolute atomic E-state index is 0.0649. The topological polar surface area (TPSA) is 95.9 Å². The van der Waals surface area contributed by atoms with Crippen LogP contribution in [0.2, 0.25) is 0 Å². The van der Waals surface area contributed by atoms with Gasteiger partial charge in [0.1, 0.15) is 5.75 Å². The van der Waals surface area contributed by atoms with Crippen LogP contribution in [0.5, 0.6) is 5.75 Å². The molecule has 0 radical (unpaired) electrons. The number of carbonyl (C=O) groups excluding carboxylic acids is 1. The van der Waals surface area contributed by atoms with E-state index in [4.69, 9.17) is 4.74 Å². The van der Waals surface area contributed by atoms with Crippen molar-refractivity contribution >= 4 is 15.9 Å². The fraction of sp³-hybridized carbons (Fsp3) is 0.480. The zero-order chi connectivity index (χ0) is 24.8. The Kier molecular flexibility index (Phi) is 9.05. The molecule has 0 bridgehead atoms. The molecule has 0 aliphatic heterocycles. The van der Waals surface area contributed by atoms with Crippen LogP contribution in [0.15, 0.2) is 53.4 Å². The Labute approximate surface area is 197 Å². The van der Waals surface area contributed by atoms with Crippen LogP contribution in [0, 0.1) is 5.92 Å². The Morgan fingerprint density at radius 1 is 1.06 bits per heavy atom. The summed E-state index contributed by atoms with van der Waals surface area (Å²) >= 11 is 0. The highest BCUT2D eigenvalue weighted by molar-refractivity contribution is 7.89. The van der Waals surface area contributed by atoms with Gasteiger partial charge in [-0.15, -0.1) is 0 Å². The van der Waals surface area contributed by atoms with Crippen LogP contribution in [0.1, 0.15) is 50.5 Å². The number of aliphatic hydroxyl groups is 1. The van der Waals surface area contributed by atoms with Gasteiger partial charge in [-0.25, -0.2) is 8.42 Å². The Balaban J connectivity index is 2.24. The molecular formula is C25H36N2O5S. The predicted octanol–water partition coefficient (Wildman–Crippen LogP) is 3.47. The van der Waals surface area contributed by atoms with E-state index in [1.807, 2.05) is 34.6 Å². The zero-order valence-corrected chi connectivity index (χ0v) is 21.1. The smallest absolute Gasteiger partial charge is 0.251 e. The van der Waals surface area contributed by atoms with Crippen molar-refractivity contribution in [3.05, 3.63) is 59.7 Å². The number of nitrogens with one attached hydrogen (secondary N) is 1. The normalized spacial score (nSPS) is 13.2. The maximum Gasteiger partial charge on any atom is 0.251 e. The van der Waals surface area contributed by atoms with E-state index in [2.05, 4.69) is 5.32 Å². The van der Waals surface area contributed by atoms with Gasteiger partial charge >= 0.3 is 0 Å². The van der Waals surface area contributed by atoms with Gasteiger partial charge in [0.25, 0.3) is 5.91 Å². The molecule has 0 fully saturated rings. The Morgan fingerprint density at radius 2 is 1.67 bits per heavy atom. The Morgan fingerprint density at radius 3 is 2.21 bits per heavy atom. The van der Waals surface area contributed by atoms with Crippen molar-refractivity contribution in [1.29, 1.82) is 0 Å². The summed E-state index contributed by atoms with van der Waals surface area (Å²) in [6.45, 7) is 9.73. The molecule has 1 unspecified atom stereocenters. The third-order valence-corrected chi connectivity index (χ3v) is 6.73. The van der Waals surface area contributed by atoms with Crippen molar-refractivity contribution in [3.63, 3.8) is 0 Å². The highest BCUT2D eigenvalue weighted by Crippen LogP contribution is 2.22. The summed E-state index contributed by atoms with van der Waals surface area (Å²) in [5.74, 6) is 0.403. The number of nitrogens with zero attached hydrogens (tertiary/aromatic N) is 1. The molecule has 7 nitrogen and oxygen atoms in total. The summed E-state index contributed by atoms with van der Waals surface area (Å²) in [5, 5.41) is 13.8. The first-order valence-corrected chi connectivity index (χ1v) is 12.5.